The van der Waals surface area contributed by atoms with Crippen LogP contribution in [0.4, 0.5) is 23.7 Å². The molecule has 1 aliphatic rings. The maximum Gasteiger partial charge on any atom is 0.573 e. The largest absolute Gasteiger partial charge is 0.573 e. The number of carbonyl (C=O) groups is 1. The molecule has 0 radical (unpaired) electrons. The Labute approximate surface area is 130 Å². The molecule has 1 unspecified atom stereocenters. The summed E-state index contributed by atoms with van der Waals surface area (Å²) in [6, 6.07) is 4.42. The fraction of sp³-hybridized carbons (Fsp3) is 0.462. The van der Waals surface area contributed by atoms with Gasteiger partial charge >= 0.3 is 12.4 Å². The maximum absolute atomic E-state index is 12.0. The van der Waals surface area contributed by atoms with Gasteiger partial charge in [-0.2, -0.15) is 0 Å². The number of amides is 2. The second-order valence-corrected chi connectivity index (χ2v) is 4.60. The fourth-order valence-corrected chi connectivity index (χ4v) is 1.77. The SMILES string of the molecule is O=C(NCC1COCCO1)NNc1ccc(OC(F)(F)F)cc1. The number of alkyl halides is 3. The van der Waals surface area contributed by atoms with Gasteiger partial charge in [-0.15, -0.1) is 13.2 Å². The molecule has 0 bridgehead atoms. The van der Waals surface area contributed by atoms with Crippen molar-refractivity contribution in [2.24, 2.45) is 0 Å². The zero-order chi connectivity index (χ0) is 16.7. The topological polar surface area (TPSA) is 80.9 Å². The molecule has 2 rings (SSSR count). The monoisotopic (exact) mass is 335 g/mol. The number of benzene rings is 1. The van der Waals surface area contributed by atoms with Gasteiger partial charge in [0.2, 0.25) is 0 Å². The van der Waals surface area contributed by atoms with Crippen LogP contribution in [0.5, 0.6) is 5.75 Å². The van der Waals surface area contributed by atoms with Crippen LogP contribution in [-0.2, 0) is 9.47 Å². The average molecular weight is 335 g/mol. The summed E-state index contributed by atoms with van der Waals surface area (Å²) in [7, 11) is 0. The summed E-state index contributed by atoms with van der Waals surface area (Å²) in [6.07, 6.45) is -4.94. The molecular formula is C13H16F3N3O4. The van der Waals surface area contributed by atoms with Gasteiger partial charge in [0.15, 0.2) is 0 Å². The number of halogens is 3. The third-order valence-corrected chi connectivity index (χ3v) is 2.78. The Bertz CT molecular complexity index is 504. The molecule has 1 aromatic rings. The molecule has 0 aliphatic carbocycles. The van der Waals surface area contributed by atoms with Crippen molar-refractivity contribution < 1.29 is 32.2 Å². The van der Waals surface area contributed by atoms with Gasteiger partial charge in [0, 0.05) is 6.54 Å². The van der Waals surface area contributed by atoms with Crippen LogP contribution in [-0.4, -0.2) is 44.9 Å². The van der Waals surface area contributed by atoms with Gasteiger partial charge < -0.3 is 19.5 Å². The van der Waals surface area contributed by atoms with Gasteiger partial charge in [0.25, 0.3) is 0 Å². The summed E-state index contributed by atoms with van der Waals surface area (Å²) in [4.78, 5) is 11.6. The van der Waals surface area contributed by atoms with Crippen LogP contribution in [0.1, 0.15) is 0 Å². The summed E-state index contributed by atoms with van der Waals surface area (Å²) in [5, 5.41) is 2.57. The molecule has 0 spiro atoms. The van der Waals surface area contributed by atoms with Crippen LogP contribution < -0.4 is 20.9 Å². The molecule has 0 aromatic heterocycles. The lowest BCUT2D eigenvalue weighted by Gasteiger charge is -2.23. The van der Waals surface area contributed by atoms with Gasteiger partial charge in [-0.05, 0) is 24.3 Å². The van der Waals surface area contributed by atoms with Crippen molar-refractivity contribution in [2.75, 3.05) is 31.8 Å². The molecule has 1 fully saturated rings. The minimum absolute atomic E-state index is 0.201. The van der Waals surface area contributed by atoms with Gasteiger partial charge in [0.05, 0.1) is 31.6 Å². The Morgan fingerprint density at radius 2 is 2.00 bits per heavy atom. The Hall–Kier alpha value is -2.20. The molecule has 1 heterocycles. The van der Waals surface area contributed by atoms with E-state index >= 15 is 0 Å². The molecule has 10 heteroatoms. The van der Waals surface area contributed by atoms with Crippen molar-refractivity contribution in [2.45, 2.75) is 12.5 Å². The van der Waals surface area contributed by atoms with Crippen LogP contribution in [0.15, 0.2) is 24.3 Å². The van der Waals surface area contributed by atoms with Crippen LogP contribution in [0.2, 0.25) is 0 Å². The summed E-state index contributed by atoms with van der Waals surface area (Å²) < 4.78 is 50.3. The van der Waals surface area contributed by atoms with E-state index in [4.69, 9.17) is 9.47 Å². The highest BCUT2D eigenvalue weighted by atomic mass is 19.4. The van der Waals surface area contributed by atoms with Crippen LogP contribution in [0.3, 0.4) is 0 Å². The van der Waals surface area contributed by atoms with Gasteiger partial charge in [-0.1, -0.05) is 0 Å². The normalized spacial score (nSPS) is 18.1. The highest BCUT2D eigenvalue weighted by Crippen LogP contribution is 2.23. The fourth-order valence-electron chi connectivity index (χ4n) is 1.77. The second kappa shape index (κ2) is 7.88. The van der Waals surface area contributed by atoms with E-state index in [1.54, 1.807) is 0 Å². The lowest BCUT2D eigenvalue weighted by molar-refractivity contribution is -0.274. The van der Waals surface area contributed by atoms with E-state index in [0.717, 1.165) is 12.1 Å². The Morgan fingerprint density at radius 3 is 2.61 bits per heavy atom. The number of hydrazine groups is 1. The molecule has 3 N–H and O–H groups in total. The number of hydrogen-bond acceptors (Lipinski definition) is 5. The first kappa shape index (κ1) is 17.2. The number of ether oxygens (including phenoxy) is 3. The first-order chi connectivity index (χ1) is 10.9. The van der Waals surface area contributed by atoms with Crippen LogP contribution in [0.25, 0.3) is 0 Å². The molecule has 0 saturated carbocycles. The molecule has 2 amide bonds. The predicted molar refractivity (Wildman–Crippen MR) is 73.8 cm³/mol. The maximum atomic E-state index is 12.0. The van der Waals surface area contributed by atoms with E-state index in [9.17, 15) is 18.0 Å². The van der Waals surface area contributed by atoms with E-state index in [1.807, 2.05) is 0 Å². The van der Waals surface area contributed by atoms with Crippen LogP contribution >= 0.6 is 0 Å². The highest BCUT2D eigenvalue weighted by Gasteiger charge is 2.30. The highest BCUT2D eigenvalue weighted by molar-refractivity contribution is 5.75. The molecular weight excluding hydrogens is 319 g/mol. The number of nitrogens with one attached hydrogen (secondary N) is 3. The molecule has 1 saturated heterocycles. The van der Waals surface area contributed by atoms with E-state index in [1.165, 1.54) is 12.1 Å². The lowest BCUT2D eigenvalue weighted by Crippen LogP contribution is -2.45. The van der Waals surface area contributed by atoms with E-state index < -0.39 is 12.4 Å². The Morgan fingerprint density at radius 1 is 1.26 bits per heavy atom. The second-order valence-electron chi connectivity index (χ2n) is 4.60. The van der Waals surface area contributed by atoms with Crippen LogP contribution in [0, 0.1) is 0 Å². The minimum atomic E-state index is -4.74. The molecule has 1 atom stereocenters. The zero-order valence-corrected chi connectivity index (χ0v) is 12.0. The standard InChI is InChI=1S/C13H16F3N3O4/c14-13(15,16)23-10-3-1-9(2-4-10)18-19-12(20)17-7-11-8-21-5-6-22-11/h1-4,11,18H,5-8H2,(H2,17,19,20). The Balaban J connectivity index is 1.69. The van der Waals surface area contributed by atoms with Crippen molar-refractivity contribution in [3.8, 4) is 5.75 Å². The third kappa shape index (κ3) is 6.61. The molecule has 128 valence electrons. The Kier molecular flexibility index (Phi) is 5.88. The number of hydrogen-bond donors (Lipinski definition) is 3. The van der Waals surface area contributed by atoms with E-state index in [2.05, 4.69) is 20.9 Å². The predicted octanol–water partition coefficient (Wildman–Crippen LogP) is 1.63. The molecule has 1 aromatic carbocycles. The van der Waals surface area contributed by atoms with Crippen molar-refractivity contribution in [3.63, 3.8) is 0 Å². The number of rotatable bonds is 5. The first-order valence-corrected chi connectivity index (χ1v) is 6.77. The van der Waals surface area contributed by atoms with Gasteiger partial charge in [-0.25, -0.2) is 4.79 Å². The van der Waals surface area contributed by atoms with E-state index in [0.29, 0.717) is 25.5 Å². The number of urea groups is 1. The summed E-state index contributed by atoms with van der Waals surface area (Å²) >= 11 is 0. The lowest BCUT2D eigenvalue weighted by atomic mass is 10.3. The molecule has 23 heavy (non-hydrogen) atoms. The van der Waals surface area contributed by atoms with Crippen molar-refractivity contribution in [1.29, 1.82) is 0 Å². The van der Waals surface area contributed by atoms with Gasteiger partial charge in [-0.3, -0.25) is 10.9 Å². The average Bonchev–Trinajstić information content (AvgIpc) is 2.52. The third-order valence-electron chi connectivity index (χ3n) is 2.78. The van der Waals surface area contributed by atoms with Crippen molar-refractivity contribution in [1.82, 2.24) is 10.7 Å². The number of carbonyl (C=O) groups excluding carboxylic acids is 1. The van der Waals surface area contributed by atoms with Crippen molar-refractivity contribution >= 4 is 11.7 Å². The zero-order valence-electron chi connectivity index (χ0n) is 12.0. The summed E-state index contributed by atoms with van der Waals surface area (Å²) in [5.41, 5.74) is 5.29. The smallest absolute Gasteiger partial charge is 0.406 e. The first-order valence-electron chi connectivity index (χ1n) is 6.77. The summed E-state index contributed by atoms with van der Waals surface area (Å²) in [5.74, 6) is -0.345. The molecule has 7 nitrogen and oxygen atoms in total. The minimum Gasteiger partial charge on any atom is -0.406 e. The number of anilines is 1. The molecule has 1 aliphatic heterocycles. The quantitative estimate of drug-likeness (QED) is 0.713. The summed E-state index contributed by atoms with van der Waals surface area (Å²) in [6.45, 7) is 1.72. The van der Waals surface area contributed by atoms with Crippen molar-refractivity contribution in [3.05, 3.63) is 24.3 Å². The van der Waals surface area contributed by atoms with Gasteiger partial charge in [0.1, 0.15) is 5.75 Å². The van der Waals surface area contributed by atoms with E-state index in [-0.39, 0.29) is 18.4 Å².